The number of carboxylic acid groups (broad SMARTS) is 1. The van der Waals surface area contributed by atoms with E-state index in [4.69, 9.17) is 5.11 Å². The summed E-state index contributed by atoms with van der Waals surface area (Å²) in [5.74, 6) is -2.57. The molecule has 0 saturated carbocycles. The van der Waals surface area contributed by atoms with Crippen molar-refractivity contribution in [2.75, 3.05) is 4.90 Å². The van der Waals surface area contributed by atoms with Gasteiger partial charge in [0.05, 0.1) is 27.3 Å². The Bertz CT molecular complexity index is 889. The number of hydrogen-bond donors (Lipinski definition) is 1. The van der Waals surface area contributed by atoms with E-state index < -0.39 is 22.7 Å². The lowest BCUT2D eigenvalue weighted by atomic mass is 10.1. The van der Waals surface area contributed by atoms with Crippen LogP contribution in [0.25, 0.3) is 0 Å². The first-order valence-electron chi connectivity index (χ1n) is 6.40. The number of carbonyl (C=O) groups is 3. The number of carboxylic acids is 1. The molecule has 0 unspecified atom stereocenters. The van der Waals surface area contributed by atoms with Crippen molar-refractivity contribution >= 4 is 29.2 Å². The Morgan fingerprint density at radius 3 is 2.39 bits per heavy atom. The molecule has 8 nitrogen and oxygen atoms in total. The molecule has 1 heterocycles. The third kappa shape index (κ3) is 2.22. The van der Waals surface area contributed by atoms with Crippen LogP contribution in [0, 0.1) is 10.1 Å². The van der Waals surface area contributed by atoms with E-state index in [1.807, 2.05) is 0 Å². The molecule has 1 aliphatic heterocycles. The molecule has 0 fully saturated rings. The second kappa shape index (κ2) is 5.02. The number of fused-ring (bicyclic) bond motifs is 1. The van der Waals surface area contributed by atoms with Gasteiger partial charge in [-0.25, -0.2) is 9.69 Å². The van der Waals surface area contributed by atoms with Crippen molar-refractivity contribution in [3.63, 3.8) is 0 Å². The maximum absolute atomic E-state index is 12.4. The van der Waals surface area contributed by atoms with E-state index >= 15 is 0 Å². The number of benzene rings is 2. The van der Waals surface area contributed by atoms with Gasteiger partial charge in [0, 0.05) is 12.1 Å². The van der Waals surface area contributed by atoms with Gasteiger partial charge < -0.3 is 5.11 Å². The van der Waals surface area contributed by atoms with Crippen LogP contribution in [0.5, 0.6) is 0 Å². The Kier molecular flexibility index (Phi) is 3.14. The first-order valence-corrected chi connectivity index (χ1v) is 6.40. The molecular weight excluding hydrogens is 304 g/mol. The van der Waals surface area contributed by atoms with Crippen molar-refractivity contribution < 1.29 is 24.4 Å². The number of aromatic carboxylic acids is 1. The molecule has 114 valence electrons. The SMILES string of the molecule is O=C(O)c1cccc(N2C(=O)c3ccc([N+](=O)[O-])cc3C2=O)c1. The van der Waals surface area contributed by atoms with Gasteiger partial charge in [-0.15, -0.1) is 0 Å². The van der Waals surface area contributed by atoms with Crippen LogP contribution < -0.4 is 4.90 Å². The molecule has 0 aromatic heterocycles. The molecule has 2 amide bonds. The van der Waals surface area contributed by atoms with E-state index in [-0.39, 0.29) is 28.1 Å². The zero-order valence-corrected chi connectivity index (χ0v) is 11.4. The number of anilines is 1. The van der Waals surface area contributed by atoms with E-state index in [0.29, 0.717) is 0 Å². The zero-order chi connectivity index (χ0) is 16.7. The number of rotatable bonds is 3. The standard InChI is InChI=1S/C15H8N2O6/c18-13-11-5-4-10(17(22)23)7-12(11)14(19)16(13)9-3-1-2-8(6-9)15(20)21/h1-7H,(H,20,21). The van der Waals surface area contributed by atoms with Crippen LogP contribution in [0.3, 0.4) is 0 Å². The van der Waals surface area contributed by atoms with Crippen molar-refractivity contribution in [3.05, 3.63) is 69.3 Å². The van der Waals surface area contributed by atoms with Gasteiger partial charge in [0.15, 0.2) is 0 Å². The van der Waals surface area contributed by atoms with Gasteiger partial charge in [0.25, 0.3) is 17.5 Å². The van der Waals surface area contributed by atoms with Gasteiger partial charge in [-0.2, -0.15) is 0 Å². The van der Waals surface area contributed by atoms with Crippen LogP contribution in [0.1, 0.15) is 31.1 Å². The molecule has 23 heavy (non-hydrogen) atoms. The number of nitro benzene ring substituents is 1. The van der Waals surface area contributed by atoms with Gasteiger partial charge >= 0.3 is 5.97 Å². The third-order valence-electron chi connectivity index (χ3n) is 3.43. The second-order valence-corrected chi connectivity index (χ2v) is 4.79. The highest BCUT2D eigenvalue weighted by Gasteiger charge is 2.38. The van der Waals surface area contributed by atoms with Crippen molar-refractivity contribution in [3.8, 4) is 0 Å². The number of nitro groups is 1. The summed E-state index contributed by atoms with van der Waals surface area (Å²) in [5, 5.41) is 19.8. The molecule has 1 aliphatic rings. The summed E-state index contributed by atoms with van der Waals surface area (Å²) in [4.78, 5) is 46.7. The summed E-state index contributed by atoms with van der Waals surface area (Å²) in [7, 11) is 0. The Morgan fingerprint density at radius 1 is 1.04 bits per heavy atom. The zero-order valence-electron chi connectivity index (χ0n) is 11.4. The molecule has 0 atom stereocenters. The van der Waals surface area contributed by atoms with E-state index in [2.05, 4.69) is 0 Å². The Morgan fingerprint density at radius 2 is 1.74 bits per heavy atom. The fraction of sp³-hybridized carbons (Fsp3) is 0. The lowest BCUT2D eigenvalue weighted by molar-refractivity contribution is -0.384. The number of imide groups is 1. The lowest BCUT2D eigenvalue weighted by Gasteiger charge is -2.14. The summed E-state index contributed by atoms with van der Waals surface area (Å²) in [6.07, 6.45) is 0. The normalized spacial score (nSPS) is 13.1. The summed E-state index contributed by atoms with van der Waals surface area (Å²) in [5.41, 5.74) is -0.318. The van der Waals surface area contributed by atoms with Crippen LogP contribution in [-0.2, 0) is 0 Å². The van der Waals surface area contributed by atoms with Crippen molar-refractivity contribution in [2.24, 2.45) is 0 Å². The quantitative estimate of drug-likeness (QED) is 0.526. The van der Waals surface area contributed by atoms with Crippen LogP contribution >= 0.6 is 0 Å². The molecule has 2 aromatic rings. The summed E-state index contributed by atoms with van der Waals surface area (Å²) >= 11 is 0. The van der Waals surface area contributed by atoms with E-state index in [0.717, 1.165) is 17.0 Å². The molecular formula is C15H8N2O6. The highest BCUT2D eigenvalue weighted by atomic mass is 16.6. The lowest BCUT2D eigenvalue weighted by Crippen LogP contribution is -2.29. The van der Waals surface area contributed by atoms with E-state index in [1.54, 1.807) is 0 Å². The molecule has 0 aliphatic carbocycles. The van der Waals surface area contributed by atoms with Crippen molar-refractivity contribution in [2.45, 2.75) is 0 Å². The predicted molar refractivity (Wildman–Crippen MR) is 77.6 cm³/mol. The molecule has 3 rings (SSSR count). The van der Waals surface area contributed by atoms with Crippen LogP contribution in [-0.4, -0.2) is 27.8 Å². The number of carbonyl (C=O) groups excluding carboxylic acids is 2. The van der Waals surface area contributed by atoms with Gasteiger partial charge in [-0.05, 0) is 24.3 Å². The van der Waals surface area contributed by atoms with Gasteiger partial charge in [-0.3, -0.25) is 19.7 Å². The van der Waals surface area contributed by atoms with E-state index in [1.165, 1.54) is 30.3 Å². The maximum atomic E-state index is 12.4. The van der Waals surface area contributed by atoms with Crippen LogP contribution in [0.2, 0.25) is 0 Å². The fourth-order valence-corrected chi connectivity index (χ4v) is 2.35. The van der Waals surface area contributed by atoms with Crippen LogP contribution in [0.4, 0.5) is 11.4 Å². The number of non-ortho nitro benzene ring substituents is 1. The fourth-order valence-electron chi connectivity index (χ4n) is 2.35. The summed E-state index contributed by atoms with van der Waals surface area (Å²) in [6.45, 7) is 0. The highest BCUT2D eigenvalue weighted by Crippen LogP contribution is 2.31. The van der Waals surface area contributed by atoms with Crippen molar-refractivity contribution in [1.82, 2.24) is 0 Å². The van der Waals surface area contributed by atoms with E-state index in [9.17, 15) is 24.5 Å². The highest BCUT2D eigenvalue weighted by molar-refractivity contribution is 6.34. The Labute approximate surface area is 128 Å². The summed E-state index contributed by atoms with van der Waals surface area (Å²) < 4.78 is 0. The average molecular weight is 312 g/mol. The topological polar surface area (TPSA) is 118 Å². The second-order valence-electron chi connectivity index (χ2n) is 4.79. The molecule has 2 aromatic carbocycles. The molecule has 0 bridgehead atoms. The predicted octanol–water partition coefficient (Wildman–Crippen LogP) is 2.09. The molecule has 0 radical (unpaired) electrons. The van der Waals surface area contributed by atoms with Crippen molar-refractivity contribution in [1.29, 1.82) is 0 Å². The third-order valence-corrected chi connectivity index (χ3v) is 3.43. The maximum Gasteiger partial charge on any atom is 0.335 e. The van der Waals surface area contributed by atoms with Gasteiger partial charge in [0.1, 0.15) is 0 Å². The first kappa shape index (κ1) is 14.4. The molecule has 8 heteroatoms. The van der Waals surface area contributed by atoms with Crippen LogP contribution in [0.15, 0.2) is 42.5 Å². The minimum absolute atomic E-state index is 0.0429. The number of amides is 2. The largest absolute Gasteiger partial charge is 0.478 e. The molecule has 1 N–H and O–H groups in total. The van der Waals surface area contributed by atoms with Gasteiger partial charge in [0.2, 0.25) is 0 Å². The number of nitrogens with zero attached hydrogens (tertiary/aromatic N) is 2. The molecule has 0 spiro atoms. The Balaban J connectivity index is 2.08. The first-order chi connectivity index (χ1) is 10.9. The average Bonchev–Trinajstić information content (AvgIpc) is 2.78. The Hall–Kier alpha value is -3.55. The summed E-state index contributed by atoms with van der Waals surface area (Å²) in [6, 6.07) is 8.74. The number of hydrogen-bond acceptors (Lipinski definition) is 5. The monoisotopic (exact) mass is 312 g/mol. The minimum Gasteiger partial charge on any atom is -0.478 e. The minimum atomic E-state index is -1.20. The molecule has 0 saturated heterocycles. The smallest absolute Gasteiger partial charge is 0.335 e. The van der Waals surface area contributed by atoms with Gasteiger partial charge in [-0.1, -0.05) is 6.07 Å².